The predicted octanol–water partition coefficient (Wildman–Crippen LogP) is 2.32. The lowest BCUT2D eigenvalue weighted by atomic mass is 10.1. The highest BCUT2D eigenvalue weighted by atomic mass is 35.5. The van der Waals surface area contributed by atoms with Crippen LogP contribution in [-0.4, -0.2) is 25.1 Å². The molecule has 0 N–H and O–H groups in total. The minimum absolute atomic E-state index is 0.0431. The molecule has 3 nitrogen and oxygen atoms in total. The Labute approximate surface area is 92.9 Å². The number of ether oxygens (including phenoxy) is 2. The first-order valence-electron chi connectivity index (χ1n) is 4.72. The van der Waals surface area contributed by atoms with Gasteiger partial charge in [0.05, 0.1) is 23.8 Å². The zero-order valence-corrected chi connectivity index (χ0v) is 9.08. The largest absolute Gasteiger partial charge is 0.485 e. The van der Waals surface area contributed by atoms with Gasteiger partial charge in [0.1, 0.15) is 11.9 Å². The van der Waals surface area contributed by atoms with E-state index >= 15 is 0 Å². The van der Waals surface area contributed by atoms with E-state index in [0.717, 1.165) is 0 Å². The maximum atomic E-state index is 11.4. The van der Waals surface area contributed by atoms with Crippen molar-refractivity contribution < 1.29 is 14.3 Å². The van der Waals surface area contributed by atoms with Crippen LogP contribution in [0, 0.1) is 0 Å². The molecular formula is C11H11ClO3. The minimum atomic E-state index is -0.0872. The van der Waals surface area contributed by atoms with Gasteiger partial charge >= 0.3 is 0 Å². The normalized spacial score (nSPS) is 15.9. The van der Waals surface area contributed by atoms with E-state index in [0.29, 0.717) is 29.5 Å². The van der Waals surface area contributed by atoms with Gasteiger partial charge < -0.3 is 9.47 Å². The van der Waals surface area contributed by atoms with Crippen molar-refractivity contribution in [3.8, 4) is 5.75 Å². The van der Waals surface area contributed by atoms with Crippen LogP contribution in [0.1, 0.15) is 17.3 Å². The quantitative estimate of drug-likeness (QED) is 0.742. The van der Waals surface area contributed by atoms with Gasteiger partial charge in [-0.2, -0.15) is 0 Å². The average Bonchev–Trinajstić information content (AvgIpc) is 2.10. The van der Waals surface area contributed by atoms with Crippen molar-refractivity contribution in [1.29, 1.82) is 0 Å². The zero-order chi connectivity index (χ0) is 10.8. The molecule has 0 atom stereocenters. The van der Waals surface area contributed by atoms with Gasteiger partial charge in [-0.05, 0) is 19.1 Å². The summed E-state index contributed by atoms with van der Waals surface area (Å²) >= 11 is 5.94. The summed E-state index contributed by atoms with van der Waals surface area (Å²) in [4.78, 5) is 11.4. The Morgan fingerprint density at radius 2 is 2.27 bits per heavy atom. The van der Waals surface area contributed by atoms with Crippen molar-refractivity contribution in [3.63, 3.8) is 0 Å². The third-order valence-electron chi connectivity index (χ3n) is 2.23. The predicted molar refractivity (Wildman–Crippen MR) is 56.7 cm³/mol. The zero-order valence-electron chi connectivity index (χ0n) is 8.33. The molecule has 1 heterocycles. The van der Waals surface area contributed by atoms with Gasteiger partial charge in [-0.25, -0.2) is 0 Å². The van der Waals surface area contributed by atoms with Crippen LogP contribution in [0.3, 0.4) is 0 Å². The molecule has 0 aliphatic carbocycles. The third kappa shape index (κ3) is 2.13. The second-order valence-corrected chi connectivity index (χ2v) is 3.85. The number of hydrogen-bond acceptors (Lipinski definition) is 3. The molecule has 0 amide bonds. The standard InChI is InChI=1S/C11H11ClO3/c1-7(13)11-9(12)3-2-4-10(11)15-8-5-14-6-8/h2-4,8H,5-6H2,1H3. The summed E-state index contributed by atoms with van der Waals surface area (Å²) in [6.07, 6.45) is 0.0431. The average molecular weight is 227 g/mol. The Morgan fingerprint density at radius 3 is 2.80 bits per heavy atom. The molecule has 4 heteroatoms. The van der Waals surface area contributed by atoms with Gasteiger partial charge in [0, 0.05) is 0 Å². The van der Waals surface area contributed by atoms with Crippen LogP contribution in [-0.2, 0) is 4.74 Å². The lowest BCUT2D eigenvalue weighted by Gasteiger charge is -2.27. The van der Waals surface area contributed by atoms with Crippen LogP contribution >= 0.6 is 11.6 Å². The fraction of sp³-hybridized carbons (Fsp3) is 0.364. The smallest absolute Gasteiger partial charge is 0.165 e. The SMILES string of the molecule is CC(=O)c1c(Cl)cccc1OC1COC1. The van der Waals surface area contributed by atoms with Gasteiger partial charge in [-0.3, -0.25) is 4.79 Å². The lowest BCUT2D eigenvalue weighted by Crippen LogP contribution is -2.38. The maximum absolute atomic E-state index is 11.4. The number of carbonyl (C=O) groups excluding carboxylic acids is 1. The lowest BCUT2D eigenvalue weighted by molar-refractivity contribution is -0.0798. The molecule has 1 fully saturated rings. The molecule has 2 rings (SSSR count). The molecule has 1 aromatic rings. The Balaban J connectivity index is 2.27. The number of hydrogen-bond donors (Lipinski definition) is 0. The van der Waals surface area contributed by atoms with Crippen molar-refractivity contribution in [2.45, 2.75) is 13.0 Å². The van der Waals surface area contributed by atoms with Gasteiger partial charge in [-0.1, -0.05) is 17.7 Å². The number of rotatable bonds is 3. The monoisotopic (exact) mass is 226 g/mol. The first-order valence-corrected chi connectivity index (χ1v) is 5.10. The number of carbonyl (C=O) groups is 1. The van der Waals surface area contributed by atoms with Gasteiger partial charge in [0.15, 0.2) is 5.78 Å². The molecule has 1 aliphatic heterocycles. The summed E-state index contributed by atoms with van der Waals surface area (Å²) in [5.74, 6) is 0.458. The molecule has 0 radical (unpaired) electrons. The second-order valence-electron chi connectivity index (χ2n) is 3.45. The van der Waals surface area contributed by atoms with Gasteiger partial charge in [0.25, 0.3) is 0 Å². The number of ketones is 1. The van der Waals surface area contributed by atoms with Crippen LogP contribution in [0.5, 0.6) is 5.75 Å². The fourth-order valence-electron chi connectivity index (χ4n) is 1.41. The van der Waals surface area contributed by atoms with Crippen LogP contribution in [0.2, 0.25) is 5.02 Å². The fourth-order valence-corrected chi connectivity index (χ4v) is 1.70. The first-order chi connectivity index (χ1) is 7.18. The molecule has 0 saturated carbocycles. The third-order valence-corrected chi connectivity index (χ3v) is 2.54. The highest BCUT2D eigenvalue weighted by Gasteiger charge is 2.22. The first kappa shape index (κ1) is 10.5. The maximum Gasteiger partial charge on any atom is 0.165 e. The van der Waals surface area contributed by atoms with Gasteiger partial charge in [0.2, 0.25) is 0 Å². The molecule has 15 heavy (non-hydrogen) atoms. The number of Topliss-reactive ketones (excluding diaryl/α,β-unsaturated/α-hetero) is 1. The highest BCUT2D eigenvalue weighted by molar-refractivity contribution is 6.34. The molecular weight excluding hydrogens is 216 g/mol. The number of benzene rings is 1. The molecule has 0 spiro atoms. The summed E-state index contributed by atoms with van der Waals surface area (Å²) < 4.78 is 10.6. The van der Waals surface area contributed by atoms with Crippen LogP contribution < -0.4 is 4.74 Å². The molecule has 1 aliphatic rings. The topological polar surface area (TPSA) is 35.5 Å². The molecule has 1 aromatic carbocycles. The van der Waals surface area contributed by atoms with Crippen molar-refractivity contribution in [3.05, 3.63) is 28.8 Å². The molecule has 1 saturated heterocycles. The summed E-state index contributed by atoms with van der Waals surface area (Å²) in [5, 5.41) is 0.431. The van der Waals surface area contributed by atoms with E-state index in [-0.39, 0.29) is 11.9 Å². The van der Waals surface area contributed by atoms with E-state index in [9.17, 15) is 4.79 Å². The summed E-state index contributed by atoms with van der Waals surface area (Å²) in [6.45, 7) is 2.62. The van der Waals surface area contributed by atoms with Crippen molar-refractivity contribution in [1.82, 2.24) is 0 Å². The minimum Gasteiger partial charge on any atom is -0.485 e. The van der Waals surface area contributed by atoms with Crippen molar-refractivity contribution in [2.24, 2.45) is 0 Å². The van der Waals surface area contributed by atoms with Gasteiger partial charge in [-0.15, -0.1) is 0 Å². The second kappa shape index (κ2) is 4.21. The van der Waals surface area contributed by atoms with Crippen LogP contribution in [0.4, 0.5) is 0 Å². The Morgan fingerprint density at radius 1 is 1.53 bits per heavy atom. The summed E-state index contributed by atoms with van der Waals surface area (Å²) in [5.41, 5.74) is 0.450. The molecule has 0 unspecified atom stereocenters. The highest BCUT2D eigenvalue weighted by Crippen LogP contribution is 2.28. The van der Waals surface area contributed by atoms with E-state index in [1.807, 2.05) is 0 Å². The van der Waals surface area contributed by atoms with E-state index in [4.69, 9.17) is 21.1 Å². The van der Waals surface area contributed by atoms with E-state index in [2.05, 4.69) is 0 Å². The molecule has 0 aromatic heterocycles. The Hall–Kier alpha value is -1.06. The summed E-state index contributed by atoms with van der Waals surface area (Å²) in [6, 6.07) is 5.20. The number of halogens is 1. The van der Waals surface area contributed by atoms with Crippen LogP contribution in [0.25, 0.3) is 0 Å². The van der Waals surface area contributed by atoms with E-state index < -0.39 is 0 Å². The Kier molecular flexibility index (Phi) is 2.93. The summed E-state index contributed by atoms with van der Waals surface area (Å²) in [7, 11) is 0. The molecule has 0 bridgehead atoms. The Bertz CT molecular complexity index is 385. The van der Waals surface area contributed by atoms with E-state index in [1.54, 1.807) is 18.2 Å². The van der Waals surface area contributed by atoms with Crippen LogP contribution in [0.15, 0.2) is 18.2 Å². The van der Waals surface area contributed by atoms with Crippen molar-refractivity contribution in [2.75, 3.05) is 13.2 Å². The van der Waals surface area contributed by atoms with E-state index in [1.165, 1.54) is 6.92 Å². The van der Waals surface area contributed by atoms with Crippen molar-refractivity contribution >= 4 is 17.4 Å². The molecule has 80 valence electrons.